The molecule has 0 amide bonds. The first-order chi connectivity index (χ1) is 9.19. The largest absolute Gasteiger partial charge is 0.508 e. The number of nitriles is 1. The summed E-state index contributed by atoms with van der Waals surface area (Å²) in [6.07, 6.45) is 0. The Morgan fingerprint density at radius 2 is 2.16 bits per heavy atom. The standard InChI is InChI=1S/C10H7N5O2S2/c11-3-4-18-10-15-14-9(19-10)13-12-7-2-1-6(16)5-8(7)17/h1-2,5,16-17H,4H2. The quantitative estimate of drug-likeness (QED) is 0.661. The molecule has 9 heteroatoms. The number of phenolic OH excluding ortho intramolecular Hbond substituents is 2. The summed E-state index contributed by atoms with van der Waals surface area (Å²) in [7, 11) is 0. The number of hydrogen-bond acceptors (Lipinski definition) is 9. The molecule has 0 atom stereocenters. The minimum Gasteiger partial charge on any atom is -0.508 e. The number of benzene rings is 1. The van der Waals surface area contributed by atoms with Crippen LogP contribution in [0.1, 0.15) is 0 Å². The number of rotatable bonds is 4. The third kappa shape index (κ3) is 3.64. The van der Waals surface area contributed by atoms with Crippen LogP contribution in [0.4, 0.5) is 10.8 Å². The molecule has 0 bridgehead atoms. The summed E-state index contributed by atoms with van der Waals surface area (Å²) in [5.74, 6) is 0.0692. The second-order valence-electron chi connectivity index (χ2n) is 3.17. The van der Waals surface area contributed by atoms with E-state index in [0.29, 0.717) is 15.2 Å². The van der Waals surface area contributed by atoms with E-state index in [-0.39, 0.29) is 17.2 Å². The SMILES string of the molecule is N#CCSc1nnc(N=Nc2ccc(O)cc2O)s1. The molecule has 0 aliphatic carbocycles. The maximum absolute atomic E-state index is 9.50. The van der Waals surface area contributed by atoms with E-state index in [1.807, 2.05) is 6.07 Å². The molecule has 0 saturated heterocycles. The third-order valence-corrected chi connectivity index (χ3v) is 3.67. The summed E-state index contributed by atoms with van der Waals surface area (Å²) < 4.78 is 0.630. The van der Waals surface area contributed by atoms with E-state index >= 15 is 0 Å². The minimum atomic E-state index is -0.174. The summed E-state index contributed by atoms with van der Waals surface area (Å²) >= 11 is 2.47. The van der Waals surface area contributed by atoms with Crippen molar-refractivity contribution in [3.63, 3.8) is 0 Å². The van der Waals surface area contributed by atoms with Crippen LogP contribution in [0.15, 0.2) is 32.8 Å². The lowest BCUT2D eigenvalue weighted by Crippen LogP contribution is -1.72. The second-order valence-corrected chi connectivity index (χ2v) is 5.35. The lowest BCUT2D eigenvalue weighted by atomic mass is 10.3. The highest BCUT2D eigenvalue weighted by atomic mass is 32.2. The van der Waals surface area contributed by atoms with Crippen LogP contribution in [-0.4, -0.2) is 26.2 Å². The van der Waals surface area contributed by atoms with E-state index in [1.165, 1.54) is 41.3 Å². The Labute approximate surface area is 116 Å². The van der Waals surface area contributed by atoms with Gasteiger partial charge in [-0.25, -0.2) is 0 Å². The highest BCUT2D eigenvalue weighted by molar-refractivity contribution is 8.01. The zero-order valence-corrected chi connectivity index (χ0v) is 11.0. The monoisotopic (exact) mass is 293 g/mol. The molecule has 0 unspecified atom stereocenters. The Morgan fingerprint density at radius 1 is 1.32 bits per heavy atom. The Kier molecular flexibility index (Phi) is 4.27. The molecule has 1 heterocycles. The second kappa shape index (κ2) is 6.12. The molecule has 7 nitrogen and oxygen atoms in total. The molecular weight excluding hydrogens is 286 g/mol. The van der Waals surface area contributed by atoms with E-state index < -0.39 is 0 Å². The van der Waals surface area contributed by atoms with E-state index in [0.717, 1.165) is 0 Å². The van der Waals surface area contributed by atoms with Gasteiger partial charge in [0.05, 0.1) is 11.8 Å². The summed E-state index contributed by atoms with van der Waals surface area (Å²) in [6.45, 7) is 0. The third-order valence-electron chi connectivity index (χ3n) is 1.86. The number of phenols is 2. The molecule has 0 saturated carbocycles. The zero-order chi connectivity index (χ0) is 13.7. The average Bonchev–Trinajstić information content (AvgIpc) is 2.83. The summed E-state index contributed by atoms with van der Waals surface area (Å²) in [4.78, 5) is 0. The van der Waals surface area contributed by atoms with Crippen molar-refractivity contribution in [3.05, 3.63) is 18.2 Å². The average molecular weight is 293 g/mol. The summed E-state index contributed by atoms with van der Waals surface area (Å²) in [5.41, 5.74) is 0.222. The number of aromatic nitrogens is 2. The molecule has 0 radical (unpaired) electrons. The van der Waals surface area contributed by atoms with Crippen molar-refractivity contribution in [1.82, 2.24) is 10.2 Å². The van der Waals surface area contributed by atoms with Gasteiger partial charge in [0.2, 0.25) is 0 Å². The van der Waals surface area contributed by atoms with Crippen LogP contribution >= 0.6 is 23.1 Å². The van der Waals surface area contributed by atoms with E-state index in [1.54, 1.807) is 0 Å². The highest BCUT2D eigenvalue weighted by Crippen LogP contribution is 2.32. The van der Waals surface area contributed by atoms with Crippen LogP contribution in [0.5, 0.6) is 11.5 Å². The van der Waals surface area contributed by atoms with E-state index in [2.05, 4.69) is 20.4 Å². The first-order valence-corrected chi connectivity index (χ1v) is 6.76. The van der Waals surface area contributed by atoms with Crippen molar-refractivity contribution >= 4 is 33.9 Å². The molecular formula is C10H7N5O2S2. The van der Waals surface area contributed by atoms with Crippen LogP contribution in [0.2, 0.25) is 0 Å². The molecule has 96 valence electrons. The van der Waals surface area contributed by atoms with Crippen LogP contribution in [-0.2, 0) is 0 Å². The van der Waals surface area contributed by atoms with Gasteiger partial charge in [-0.1, -0.05) is 23.1 Å². The number of azo groups is 1. The van der Waals surface area contributed by atoms with Crippen molar-refractivity contribution < 1.29 is 10.2 Å². The van der Waals surface area contributed by atoms with Crippen molar-refractivity contribution in [1.29, 1.82) is 5.26 Å². The normalized spacial score (nSPS) is 10.7. The van der Waals surface area contributed by atoms with Gasteiger partial charge in [0.25, 0.3) is 5.13 Å². The lowest BCUT2D eigenvalue weighted by molar-refractivity contribution is 0.451. The number of hydrogen-bond donors (Lipinski definition) is 2. The van der Waals surface area contributed by atoms with Gasteiger partial charge in [-0.05, 0) is 12.1 Å². The van der Waals surface area contributed by atoms with Crippen molar-refractivity contribution in [2.75, 3.05) is 5.75 Å². The molecule has 19 heavy (non-hydrogen) atoms. The Hall–Kier alpha value is -2.18. The summed E-state index contributed by atoms with van der Waals surface area (Å²) in [5, 5.41) is 42.6. The Morgan fingerprint density at radius 3 is 2.89 bits per heavy atom. The number of thioether (sulfide) groups is 1. The Balaban J connectivity index is 2.10. The smallest absolute Gasteiger partial charge is 0.252 e. The lowest BCUT2D eigenvalue weighted by Gasteiger charge is -1.96. The molecule has 0 aliphatic rings. The molecule has 1 aromatic heterocycles. The molecule has 1 aromatic carbocycles. The predicted molar refractivity (Wildman–Crippen MR) is 70.2 cm³/mol. The van der Waals surface area contributed by atoms with E-state index in [9.17, 15) is 5.11 Å². The maximum Gasteiger partial charge on any atom is 0.252 e. The van der Waals surface area contributed by atoms with E-state index in [4.69, 9.17) is 10.4 Å². The van der Waals surface area contributed by atoms with Gasteiger partial charge in [-0.3, -0.25) is 0 Å². The molecule has 0 aliphatic heterocycles. The van der Waals surface area contributed by atoms with Gasteiger partial charge < -0.3 is 10.2 Å². The molecule has 2 aromatic rings. The van der Waals surface area contributed by atoms with Gasteiger partial charge in [-0.15, -0.1) is 20.4 Å². The maximum atomic E-state index is 9.50. The molecule has 0 spiro atoms. The van der Waals surface area contributed by atoms with Crippen LogP contribution < -0.4 is 0 Å². The fourth-order valence-electron chi connectivity index (χ4n) is 1.09. The predicted octanol–water partition coefficient (Wildman–Crippen LogP) is 2.98. The van der Waals surface area contributed by atoms with Gasteiger partial charge in [0.15, 0.2) is 4.34 Å². The fourth-order valence-corrected chi connectivity index (χ4v) is 2.41. The summed E-state index contributed by atoms with van der Waals surface area (Å²) in [6, 6.07) is 5.98. The van der Waals surface area contributed by atoms with Gasteiger partial charge >= 0.3 is 0 Å². The minimum absolute atomic E-state index is 0.0532. The number of nitrogens with zero attached hydrogens (tertiary/aromatic N) is 5. The van der Waals surface area contributed by atoms with Gasteiger partial charge in [0, 0.05) is 6.07 Å². The zero-order valence-electron chi connectivity index (χ0n) is 9.39. The van der Waals surface area contributed by atoms with Crippen LogP contribution in [0, 0.1) is 11.3 Å². The fraction of sp³-hybridized carbons (Fsp3) is 0.100. The first-order valence-electron chi connectivity index (χ1n) is 4.96. The van der Waals surface area contributed by atoms with Crippen molar-refractivity contribution in [2.45, 2.75) is 4.34 Å². The van der Waals surface area contributed by atoms with Crippen molar-refractivity contribution in [2.24, 2.45) is 10.2 Å². The number of aromatic hydroxyl groups is 2. The Bertz CT molecular complexity index is 650. The van der Waals surface area contributed by atoms with Crippen LogP contribution in [0.3, 0.4) is 0 Å². The first kappa shape index (κ1) is 13.3. The van der Waals surface area contributed by atoms with Crippen LogP contribution in [0.25, 0.3) is 0 Å². The molecule has 2 rings (SSSR count). The van der Waals surface area contributed by atoms with Crippen molar-refractivity contribution in [3.8, 4) is 17.6 Å². The van der Waals surface area contributed by atoms with Gasteiger partial charge in [0.1, 0.15) is 17.2 Å². The molecule has 2 N–H and O–H groups in total. The highest BCUT2D eigenvalue weighted by Gasteiger charge is 2.05. The topological polar surface area (TPSA) is 115 Å². The molecule has 0 fully saturated rings. The van der Waals surface area contributed by atoms with Gasteiger partial charge in [-0.2, -0.15) is 5.26 Å².